The lowest BCUT2D eigenvalue weighted by Crippen LogP contribution is -2.10. The van der Waals surface area contributed by atoms with Crippen molar-refractivity contribution in [3.05, 3.63) is 70.3 Å². The molecule has 2 aromatic carbocycles. The number of benzene rings is 2. The maximum absolute atomic E-state index is 12.6. The number of ether oxygens (including phenoxy) is 1. The van der Waals surface area contributed by atoms with Gasteiger partial charge in [-0.2, -0.15) is 4.98 Å². The van der Waals surface area contributed by atoms with E-state index in [1.165, 1.54) is 11.8 Å². The topological polar surface area (TPSA) is 65.2 Å². The van der Waals surface area contributed by atoms with Gasteiger partial charge in [0.05, 0.1) is 16.3 Å². The van der Waals surface area contributed by atoms with Crippen molar-refractivity contribution in [3.63, 3.8) is 0 Å². The van der Waals surface area contributed by atoms with E-state index in [0.29, 0.717) is 33.8 Å². The van der Waals surface area contributed by atoms with Crippen LogP contribution in [0.3, 0.4) is 0 Å². The summed E-state index contributed by atoms with van der Waals surface area (Å²) in [4.78, 5) is 17.5. The Balaban J connectivity index is 1.77. The fraction of sp³-hybridized carbons (Fsp3) is 0.167. The summed E-state index contributed by atoms with van der Waals surface area (Å²) in [5, 5.41) is 4.15. The molecule has 3 rings (SSSR count). The van der Waals surface area contributed by atoms with Gasteiger partial charge in [-0.25, -0.2) is 4.79 Å². The standard InChI is InChI=1S/C18H15ClN2O3S/c1-11-7-8-14(19)15(9-11)23-18(22)13-5-3-4-6-16(13)25-10-17-20-12(2)21-24-17/h3-9H,10H2,1-2H3. The second-order valence-corrected chi connectivity index (χ2v) is 6.77. The second kappa shape index (κ2) is 7.72. The molecule has 1 heterocycles. The molecule has 0 amide bonds. The number of nitrogens with zero attached hydrogens (tertiary/aromatic N) is 2. The highest BCUT2D eigenvalue weighted by atomic mass is 35.5. The van der Waals surface area contributed by atoms with Gasteiger partial charge in [0.1, 0.15) is 5.75 Å². The van der Waals surface area contributed by atoms with Crippen molar-refractivity contribution in [1.82, 2.24) is 10.1 Å². The van der Waals surface area contributed by atoms with E-state index in [0.717, 1.165) is 10.5 Å². The highest BCUT2D eigenvalue weighted by Gasteiger charge is 2.16. The number of thioether (sulfide) groups is 1. The Morgan fingerprint density at radius 2 is 2.04 bits per heavy atom. The Morgan fingerprint density at radius 1 is 1.24 bits per heavy atom. The van der Waals surface area contributed by atoms with E-state index in [1.54, 1.807) is 31.2 Å². The number of aryl methyl sites for hydroxylation is 2. The van der Waals surface area contributed by atoms with Crippen LogP contribution in [0.2, 0.25) is 5.02 Å². The Labute approximate surface area is 154 Å². The fourth-order valence-corrected chi connectivity index (χ4v) is 3.18. The predicted molar refractivity (Wildman–Crippen MR) is 96.2 cm³/mol. The molecule has 25 heavy (non-hydrogen) atoms. The molecule has 0 N–H and O–H groups in total. The van der Waals surface area contributed by atoms with Crippen molar-refractivity contribution < 1.29 is 14.1 Å². The van der Waals surface area contributed by atoms with Crippen LogP contribution in [0, 0.1) is 13.8 Å². The average Bonchev–Trinajstić information content (AvgIpc) is 3.02. The molecule has 0 radical (unpaired) electrons. The van der Waals surface area contributed by atoms with Gasteiger partial charge in [-0.15, -0.1) is 11.8 Å². The van der Waals surface area contributed by atoms with Crippen LogP contribution < -0.4 is 4.74 Å². The summed E-state index contributed by atoms with van der Waals surface area (Å²) in [6.45, 7) is 3.67. The molecule has 128 valence electrons. The zero-order chi connectivity index (χ0) is 17.8. The molecular weight excluding hydrogens is 360 g/mol. The Kier molecular flexibility index (Phi) is 5.40. The first-order valence-electron chi connectivity index (χ1n) is 7.52. The SMILES string of the molecule is Cc1ccc(Cl)c(OC(=O)c2ccccc2SCc2nc(C)no2)c1. The van der Waals surface area contributed by atoms with E-state index in [4.69, 9.17) is 20.9 Å². The number of hydrogen-bond acceptors (Lipinski definition) is 6. The van der Waals surface area contributed by atoms with Gasteiger partial charge in [0.25, 0.3) is 0 Å². The third-order valence-corrected chi connectivity index (χ3v) is 4.69. The first kappa shape index (κ1) is 17.5. The van der Waals surface area contributed by atoms with Crippen LogP contribution in [0.1, 0.15) is 27.6 Å². The highest BCUT2D eigenvalue weighted by Crippen LogP contribution is 2.29. The smallest absolute Gasteiger partial charge is 0.344 e. The van der Waals surface area contributed by atoms with Crippen LogP contribution in [-0.2, 0) is 5.75 Å². The number of rotatable bonds is 5. The summed E-state index contributed by atoms with van der Waals surface area (Å²) in [6.07, 6.45) is 0. The number of hydrogen-bond donors (Lipinski definition) is 0. The molecule has 0 saturated carbocycles. The van der Waals surface area contributed by atoms with E-state index >= 15 is 0 Å². The third-order valence-electron chi connectivity index (χ3n) is 3.32. The molecule has 1 aromatic heterocycles. The van der Waals surface area contributed by atoms with Crippen LogP contribution in [0.25, 0.3) is 0 Å². The molecule has 0 bridgehead atoms. The van der Waals surface area contributed by atoms with Crippen LogP contribution >= 0.6 is 23.4 Å². The molecule has 0 spiro atoms. The molecule has 0 aliphatic carbocycles. The minimum Gasteiger partial charge on any atom is -0.421 e. The van der Waals surface area contributed by atoms with E-state index in [9.17, 15) is 4.79 Å². The maximum Gasteiger partial charge on any atom is 0.344 e. The zero-order valence-electron chi connectivity index (χ0n) is 13.7. The van der Waals surface area contributed by atoms with Gasteiger partial charge in [-0.05, 0) is 43.7 Å². The summed E-state index contributed by atoms with van der Waals surface area (Å²) in [7, 11) is 0. The maximum atomic E-state index is 12.6. The van der Waals surface area contributed by atoms with Crippen LogP contribution in [0.5, 0.6) is 5.75 Å². The lowest BCUT2D eigenvalue weighted by molar-refractivity contribution is 0.0731. The summed E-state index contributed by atoms with van der Waals surface area (Å²) in [6, 6.07) is 12.5. The summed E-state index contributed by atoms with van der Waals surface area (Å²) >= 11 is 7.53. The number of halogens is 1. The molecule has 0 aliphatic heterocycles. The molecule has 5 nitrogen and oxygen atoms in total. The minimum atomic E-state index is -0.461. The van der Waals surface area contributed by atoms with E-state index in [1.807, 2.05) is 25.1 Å². The van der Waals surface area contributed by atoms with Gasteiger partial charge in [0.2, 0.25) is 5.89 Å². The van der Waals surface area contributed by atoms with Gasteiger partial charge < -0.3 is 9.26 Å². The normalized spacial score (nSPS) is 10.7. The molecule has 0 unspecified atom stereocenters. The van der Waals surface area contributed by atoms with Crippen molar-refractivity contribution in [2.75, 3.05) is 0 Å². The predicted octanol–water partition coefficient (Wildman–Crippen LogP) is 4.85. The first-order chi connectivity index (χ1) is 12.0. The lowest BCUT2D eigenvalue weighted by atomic mass is 10.2. The number of aromatic nitrogens is 2. The summed E-state index contributed by atoms with van der Waals surface area (Å²) in [5.74, 6) is 1.44. The summed E-state index contributed by atoms with van der Waals surface area (Å²) in [5.41, 5.74) is 1.42. The number of carbonyl (C=O) groups excluding carboxylic acids is 1. The van der Waals surface area contributed by atoms with Gasteiger partial charge >= 0.3 is 5.97 Å². The van der Waals surface area contributed by atoms with Crippen LogP contribution in [0.4, 0.5) is 0 Å². The van der Waals surface area contributed by atoms with Gasteiger partial charge in [0, 0.05) is 4.90 Å². The van der Waals surface area contributed by atoms with E-state index in [-0.39, 0.29) is 0 Å². The monoisotopic (exact) mass is 374 g/mol. The van der Waals surface area contributed by atoms with Gasteiger partial charge in [-0.3, -0.25) is 0 Å². The molecule has 0 aliphatic rings. The average molecular weight is 375 g/mol. The molecule has 0 atom stereocenters. The quantitative estimate of drug-likeness (QED) is 0.361. The Bertz CT molecular complexity index is 911. The summed E-state index contributed by atoms with van der Waals surface area (Å²) < 4.78 is 10.6. The van der Waals surface area contributed by atoms with Crippen LogP contribution in [0.15, 0.2) is 51.9 Å². The Hall–Kier alpha value is -2.31. The van der Waals surface area contributed by atoms with Crippen molar-refractivity contribution >= 4 is 29.3 Å². The molecule has 3 aromatic rings. The molecule has 0 saturated heterocycles. The molecule has 7 heteroatoms. The number of carbonyl (C=O) groups is 1. The largest absolute Gasteiger partial charge is 0.421 e. The highest BCUT2D eigenvalue weighted by molar-refractivity contribution is 7.98. The minimum absolute atomic E-state index is 0.346. The van der Waals surface area contributed by atoms with Crippen LogP contribution in [-0.4, -0.2) is 16.1 Å². The first-order valence-corrected chi connectivity index (χ1v) is 8.88. The second-order valence-electron chi connectivity index (χ2n) is 5.34. The third kappa shape index (κ3) is 4.41. The fourth-order valence-electron chi connectivity index (χ4n) is 2.14. The molecular formula is C18H15ClN2O3S. The molecule has 0 fully saturated rings. The van der Waals surface area contributed by atoms with Crippen molar-refractivity contribution in [2.45, 2.75) is 24.5 Å². The van der Waals surface area contributed by atoms with Gasteiger partial charge in [0.15, 0.2) is 5.82 Å². The van der Waals surface area contributed by atoms with E-state index < -0.39 is 5.97 Å². The van der Waals surface area contributed by atoms with Crippen molar-refractivity contribution in [1.29, 1.82) is 0 Å². The van der Waals surface area contributed by atoms with E-state index in [2.05, 4.69) is 10.1 Å². The lowest BCUT2D eigenvalue weighted by Gasteiger charge is -2.10. The van der Waals surface area contributed by atoms with Crippen molar-refractivity contribution in [2.24, 2.45) is 0 Å². The number of esters is 1. The Morgan fingerprint density at radius 3 is 2.80 bits per heavy atom. The van der Waals surface area contributed by atoms with Crippen molar-refractivity contribution in [3.8, 4) is 5.75 Å². The zero-order valence-corrected chi connectivity index (χ0v) is 15.2. The van der Waals surface area contributed by atoms with Gasteiger partial charge in [-0.1, -0.05) is 35.0 Å².